The molecule has 2 saturated carbocycles. The molecule has 5 rings (SSSR count). The number of rotatable bonds is 10. The van der Waals surface area contributed by atoms with E-state index in [2.05, 4.69) is 46.8 Å². The lowest BCUT2D eigenvalue weighted by Gasteiger charge is -2.15. The minimum absolute atomic E-state index is 0.264. The normalized spacial score (nSPS) is 26.1. The van der Waals surface area contributed by atoms with E-state index in [0.29, 0.717) is 40.9 Å². The van der Waals surface area contributed by atoms with Gasteiger partial charge >= 0.3 is 5.97 Å². The second kappa shape index (κ2) is 9.85. The Morgan fingerprint density at radius 3 is 2.82 bits per heavy atom. The highest BCUT2D eigenvalue weighted by Gasteiger charge is 2.40. The zero-order valence-electron chi connectivity index (χ0n) is 18.9. The van der Waals surface area contributed by atoms with Gasteiger partial charge < -0.3 is 20.3 Å². The molecule has 1 aromatic carbocycles. The first-order chi connectivity index (χ1) is 16.5. The SMILES string of the molecule is CCCSc1nc(NC2C[C@H]2c2ccccc2)c2nnn([C@@H]3C[C@H](OCC(=O)O)C[C@H]3O)c2n1. The van der Waals surface area contributed by atoms with Crippen LogP contribution in [-0.2, 0) is 9.53 Å². The van der Waals surface area contributed by atoms with Crippen molar-refractivity contribution in [2.75, 3.05) is 17.7 Å². The first-order valence-electron chi connectivity index (χ1n) is 11.6. The molecule has 5 atom stereocenters. The zero-order valence-corrected chi connectivity index (χ0v) is 19.7. The van der Waals surface area contributed by atoms with Crippen molar-refractivity contribution in [1.29, 1.82) is 0 Å². The van der Waals surface area contributed by atoms with Crippen molar-refractivity contribution in [1.82, 2.24) is 25.0 Å². The van der Waals surface area contributed by atoms with Crippen molar-refractivity contribution in [3.8, 4) is 0 Å². The molecule has 0 saturated heterocycles. The quantitative estimate of drug-likeness (QED) is 0.291. The maximum absolute atomic E-state index is 10.8. The fraction of sp³-hybridized carbons (Fsp3) is 0.522. The second-order valence-electron chi connectivity index (χ2n) is 8.85. The van der Waals surface area contributed by atoms with Crippen LogP contribution in [0.15, 0.2) is 35.5 Å². The number of thioether (sulfide) groups is 1. The Labute approximate surface area is 201 Å². The lowest BCUT2D eigenvalue weighted by molar-refractivity contribution is -0.144. The molecule has 0 aliphatic heterocycles. The summed E-state index contributed by atoms with van der Waals surface area (Å²) in [7, 11) is 0. The van der Waals surface area contributed by atoms with Gasteiger partial charge in [0.05, 0.1) is 18.2 Å². The van der Waals surface area contributed by atoms with Crippen LogP contribution in [0.1, 0.15) is 50.1 Å². The van der Waals surface area contributed by atoms with Crippen molar-refractivity contribution in [3.05, 3.63) is 35.9 Å². The largest absolute Gasteiger partial charge is 0.480 e. The lowest BCUT2D eigenvalue weighted by Crippen LogP contribution is -2.20. The molecule has 3 aromatic rings. The Bertz CT molecular complexity index is 1160. The summed E-state index contributed by atoms with van der Waals surface area (Å²) in [6, 6.07) is 10.3. The minimum Gasteiger partial charge on any atom is -0.480 e. The average Bonchev–Trinajstić information content (AvgIpc) is 3.31. The van der Waals surface area contributed by atoms with Crippen LogP contribution in [-0.4, -0.2) is 71.8 Å². The van der Waals surface area contributed by atoms with Crippen molar-refractivity contribution in [2.45, 2.75) is 68.0 Å². The summed E-state index contributed by atoms with van der Waals surface area (Å²) in [4.78, 5) is 20.3. The summed E-state index contributed by atoms with van der Waals surface area (Å²) in [5, 5.41) is 32.4. The van der Waals surface area contributed by atoms with Gasteiger partial charge in [-0.25, -0.2) is 19.4 Å². The molecule has 180 valence electrons. The standard InChI is InChI=1S/C23H28N6O4S/c1-2-8-34-23-25-21(24-16-11-15(16)13-6-4-3-5-7-13)20-22(26-23)29(28-27-20)17-9-14(10-18(17)30)33-12-19(31)32/h3-7,14-18,30H,2,8-12H2,1H3,(H,31,32)(H,24,25,26)/t14-,15-,16?,17+,18+/m0/s1. The lowest BCUT2D eigenvalue weighted by atomic mass is 10.1. The zero-order chi connectivity index (χ0) is 23.7. The maximum atomic E-state index is 10.8. The third-order valence-corrected chi connectivity index (χ3v) is 7.34. The molecule has 2 fully saturated rings. The van der Waals surface area contributed by atoms with Crippen molar-refractivity contribution >= 4 is 34.7 Å². The number of nitrogens with zero attached hydrogens (tertiary/aromatic N) is 5. The van der Waals surface area contributed by atoms with Crippen LogP contribution < -0.4 is 5.32 Å². The Morgan fingerprint density at radius 2 is 2.06 bits per heavy atom. The second-order valence-corrected chi connectivity index (χ2v) is 9.91. The molecule has 2 aliphatic rings. The van der Waals surface area contributed by atoms with E-state index in [9.17, 15) is 9.90 Å². The molecule has 2 heterocycles. The molecule has 0 amide bonds. The van der Waals surface area contributed by atoms with Crippen LogP contribution in [0.3, 0.4) is 0 Å². The van der Waals surface area contributed by atoms with E-state index >= 15 is 0 Å². The summed E-state index contributed by atoms with van der Waals surface area (Å²) >= 11 is 1.58. The molecule has 34 heavy (non-hydrogen) atoms. The fourth-order valence-electron chi connectivity index (χ4n) is 4.53. The number of aliphatic carboxylic acids is 1. The third kappa shape index (κ3) is 4.86. The molecule has 11 heteroatoms. The first kappa shape index (κ1) is 23.0. The summed E-state index contributed by atoms with van der Waals surface area (Å²) in [5.74, 6) is 0.944. The molecule has 1 unspecified atom stereocenters. The van der Waals surface area contributed by atoms with E-state index < -0.39 is 18.1 Å². The summed E-state index contributed by atoms with van der Waals surface area (Å²) in [6.07, 6.45) is 1.71. The predicted molar refractivity (Wildman–Crippen MR) is 127 cm³/mol. The summed E-state index contributed by atoms with van der Waals surface area (Å²) < 4.78 is 7.07. The number of carboxylic acid groups (broad SMARTS) is 1. The van der Waals surface area contributed by atoms with Gasteiger partial charge in [-0.2, -0.15) is 0 Å². The third-order valence-electron chi connectivity index (χ3n) is 6.29. The number of fused-ring (bicyclic) bond motifs is 1. The van der Waals surface area contributed by atoms with E-state index in [1.165, 1.54) is 5.56 Å². The van der Waals surface area contributed by atoms with Gasteiger partial charge in [-0.3, -0.25) is 0 Å². The van der Waals surface area contributed by atoms with Crippen LogP contribution in [0.2, 0.25) is 0 Å². The Balaban J connectivity index is 1.40. The van der Waals surface area contributed by atoms with Crippen LogP contribution >= 0.6 is 11.8 Å². The number of carbonyl (C=O) groups is 1. The van der Waals surface area contributed by atoms with E-state index in [-0.39, 0.29) is 18.8 Å². The summed E-state index contributed by atoms with van der Waals surface area (Å²) in [5.41, 5.74) is 2.44. The monoisotopic (exact) mass is 484 g/mol. The molecule has 0 radical (unpaired) electrons. The van der Waals surface area contributed by atoms with Crippen molar-refractivity contribution in [3.63, 3.8) is 0 Å². The van der Waals surface area contributed by atoms with Crippen molar-refractivity contribution in [2.24, 2.45) is 0 Å². The predicted octanol–water partition coefficient (Wildman–Crippen LogP) is 2.86. The van der Waals surface area contributed by atoms with Crippen molar-refractivity contribution < 1.29 is 19.7 Å². The number of hydrogen-bond donors (Lipinski definition) is 3. The van der Waals surface area contributed by atoms with Gasteiger partial charge in [-0.05, 0) is 24.8 Å². The molecule has 0 bridgehead atoms. The number of aliphatic hydroxyl groups is 1. The number of anilines is 1. The van der Waals surface area contributed by atoms with E-state index in [0.717, 1.165) is 18.6 Å². The Hall–Kier alpha value is -2.76. The molecular formula is C23H28N6O4S. The fourth-order valence-corrected chi connectivity index (χ4v) is 5.22. The molecule has 0 spiro atoms. The smallest absolute Gasteiger partial charge is 0.329 e. The average molecular weight is 485 g/mol. The van der Waals surface area contributed by atoms with Gasteiger partial charge in [0.25, 0.3) is 0 Å². The van der Waals surface area contributed by atoms with Gasteiger partial charge in [-0.15, -0.1) is 5.10 Å². The first-order valence-corrected chi connectivity index (χ1v) is 12.6. The van der Waals surface area contributed by atoms with E-state index in [1.807, 2.05) is 6.07 Å². The van der Waals surface area contributed by atoms with Gasteiger partial charge in [0, 0.05) is 24.1 Å². The van der Waals surface area contributed by atoms with Gasteiger partial charge in [-0.1, -0.05) is 54.2 Å². The molecule has 3 N–H and O–H groups in total. The maximum Gasteiger partial charge on any atom is 0.329 e. The number of carboxylic acids is 1. The highest BCUT2D eigenvalue weighted by atomic mass is 32.2. The highest BCUT2D eigenvalue weighted by Crippen LogP contribution is 2.43. The Kier molecular flexibility index (Phi) is 6.66. The number of aliphatic hydroxyl groups excluding tert-OH is 1. The van der Waals surface area contributed by atoms with Crippen LogP contribution in [0, 0.1) is 0 Å². The number of nitrogens with one attached hydrogen (secondary N) is 1. The van der Waals surface area contributed by atoms with Gasteiger partial charge in [0.2, 0.25) is 0 Å². The topological polar surface area (TPSA) is 135 Å². The van der Waals surface area contributed by atoms with E-state index in [1.54, 1.807) is 16.4 Å². The van der Waals surface area contributed by atoms with Crippen LogP contribution in [0.5, 0.6) is 0 Å². The number of benzene rings is 1. The summed E-state index contributed by atoms with van der Waals surface area (Å²) in [6.45, 7) is 1.72. The van der Waals surface area contributed by atoms with Crippen LogP contribution in [0.4, 0.5) is 5.82 Å². The van der Waals surface area contributed by atoms with Gasteiger partial charge in [0.1, 0.15) is 6.61 Å². The highest BCUT2D eigenvalue weighted by molar-refractivity contribution is 7.99. The number of ether oxygens (including phenoxy) is 1. The number of hydrogen-bond acceptors (Lipinski definition) is 9. The molecule has 2 aromatic heterocycles. The molecule has 2 aliphatic carbocycles. The van der Waals surface area contributed by atoms with Crippen LogP contribution in [0.25, 0.3) is 11.2 Å². The van der Waals surface area contributed by atoms with Gasteiger partial charge in [0.15, 0.2) is 22.1 Å². The Morgan fingerprint density at radius 1 is 1.24 bits per heavy atom. The molecular weight excluding hydrogens is 456 g/mol. The molecule has 10 nitrogen and oxygen atoms in total. The number of aromatic nitrogens is 5. The minimum atomic E-state index is -1.03. The van der Waals surface area contributed by atoms with E-state index in [4.69, 9.17) is 19.8 Å².